The summed E-state index contributed by atoms with van der Waals surface area (Å²) >= 11 is 5.90. The standard InChI is InChI=1S/C22H25ClN4O3/c1-4-13-27-14(2)5-10-18(22(27)29)21-25-20(30-26-21)12-11-19(28)24-15(3)16-6-8-17(23)9-7-16/h5-10,15H,4,11-13H2,1-3H3,(H,24,28). The summed E-state index contributed by atoms with van der Waals surface area (Å²) in [5.74, 6) is 0.439. The molecule has 0 fully saturated rings. The zero-order valence-corrected chi connectivity index (χ0v) is 18.1. The van der Waals surface area contributed by atoms with Crippen LogP contribution < -0.4 is 10.9 Å². The quantitative estimate of drug-likeness (QED) is 0.583. The van der Waals surface area contributed by atoms with Crippen molar-refractivity contribution in [2.75, 3.05) is 0 Å². The molecule has 1 aromatic carbocycles. The van der Waals surface area contributed by atoms with Crippen LogP contribution in [0.25, 0.3) is 11.4 Å². The van der Waals surface area contributed by atoms with Gasteiger partial charge in [-0.15, -0.1) is 0 Å². The molecular weight excluding hydrogens is 404 g/mol. The Morgan fingerprint density at radius 1 is 1.23 bits per heavy atom. The first-order valence-electron chi connectivity index (χ1n) is 9.97. The molecule has 3 rings (SSSR count). The Kier molecular flexibility index (Phi) is 7.05. The Morgan fingerprint density at radius 3 is 2.67 bits per heavy atom. The van der Waals surface area contributed by atoms with Gasteiger partial charge in [0.25, 0.3) is 5.56 Å². The Morgan fingerprint density at radius 2 is 1.97 bits per heavy atom. The van der Waals surface area contributed by atoms with Crippen LogP contribution in [0.3, 0.4) is 0 Å². The molecule has 2 aromatic heterocycles. The summed E-state index contributed by atoms with van der Waals surface area (Å²) < 4.78 is 6.96. The minimum atomic E-state index is -0.141. The fourth-order valence-corrected chi connectivity index (χ4v) is 3.30. The molecule has 158 valence electrons. The lowest BCUT2D eigenvalue weighted by atomic mass is 10.1. The molecule has 1 atom stereocenters. The van der Waals surface area contributed by atoms with Gasteiger partial charge in [0.15, 0.2) is 0 Å². The predicted molar refractivity (Wildman–Crippen MR) is 115 cm³/mol. The molecular formula is C22H25ClN4O3. The highest BCUT2D eigenvalue weighted by Crippen LogP contribution is 2.17. The van der Waals surface area contributed by atoms with Crippen molar-refractivity contribution >= 4 is 17.5 Å². The third-order valence-electron chi connectivity index (χ3n) is 4.86. The fraction of sp³-hybridized carbons (Fsp3) is 0.364. The Hall–Kier alpha value is -2.93. The van der Waals surface area contributed by atoms with Crippen molar-refractivity contribution in [1.29, 1.82) is 0 Å². The molecule has 8 heteroatoms. The molecule has 0 aliphatic rings. The smallest absolute Gasteiger partial charge is 0.261 e. The molecule has 0 saturated carbocycles. The van der Waals surface area contributed by atoms with Gasteiger partial charge in [-0.05, 0) is 50.1 Å². The summed E-state index contributed by atoms with van der Waals surface area (Å²) in [7, 11) is 0. The van der Waals surface area contributed by atoms with E-state index in [1.807, 2.05) is 39.0 Å². The summed E-state index contributed by atoms with van der Waals surface area (Å²) in [5, 5.41) is 7.52. The third-order valence-corrected chi connectivity index (χ3v) is 5.11. The Labute approximate surface area is 180 Å². The molecule has 0 spiro atoms. The number of nitrogens with one attached hydrogen (secondary N) is 1. The summed E-state index contributed by atoms with van der Waals surface area (Å²) in [5.41, 5.74) is 2.11. The number of halogens is 1. The summed E-state index contributed by atoms with van der Waals surface area (Å²) in [4.78, 5) is 29.3. The lowest BCUT2D eigenvalue weighted by Gasteiger charge is -2.14. The summed E-state index contributed by atoms with van der Waals surface area (Å²) in [6, 6.07) is 10.8. The molecule has 7 nitrogen and oxygen atoms in total. The second kappa shape index (κ2) is 9.71. The van der Waals surface area contributed by atoms with Crippen LogP contribution in [0.4, 0.5) is 0 Å². The number of hydrogen-bond acceptors (Lipinski definition) is 5. The molecule has 1 amide bonds. The van der Waals surface area contributed by atoms with Gasteiger partial charge in [0.2, 0.25) is 17.6 Å². The van der Waals surface area contributed by atoms with E-state index in [1.54, 1.807) is 22.8 Å². The molecule has 0 aliphatic carbocycles. The zero-order valence-electron chi connectivity index (χ0n) is 17.3. The highest BCUT2D eigenvalue weighted by molar-refractivity contribution is 6.30. The molecule has 0 aliphatic heterocycles. The SMILES string of the molecule is CCCn1c(C)ccc(-c2noc(CCC(=O)NC(C)c3ccc(Cl)cc3)n2)c1=O. The Bertz CT molecular complexity index is 1070. The molecule has 2 heterocycles. The monoisotopic (exact) mass is 428 g/mol. The molecule has 0 bridgehead atoms. The van der Waals surface area contributed by atoms with Crippen molar-refractivity contribution in [3.63, 3.8) is 0 Å². The van der Waals surface area contributed by atoms with Crippen molar-refractivity contribution in [2.24, 2.45) is 0 Å². The van der Waals surface area contributed by atoms with Crippen molar-refractivity contribution in [3.05, 3.63) is 68.9 Å². The number of carbonyl (C=O) groups excluding carboxylic acids is 1. The fourth-order valence-electron chi connectivity index (χ4n) is 3.18. The van der Waals surface area contributed by atoms with Gasteiger partial charge >= 0.3 is 0 Å². The van der Waals surface area contributed by atoms with E-state index in [4.69, 9.17) is 16.1 Å². The first-order valence-corrected chi connectivity index (χ1v) is 10.3. The lowest BCUT2D eigenvalue weighted by Crippen LogP contribution is -2.26. The van der Waals surface area contributed by atoms with E-state index >= 15 is 0 Å². The largest absolute Gasteiger partial charge is 0.350 e. The lowest BCUT2D eigenvalue weighted by molar-refractivity contribution is -0.121. The molecule has 1 N–H and O–H groups in total. The molecule has 3 aromatic rings. The molecule has 0 radical (unpaired) electrons. The maximum atomic E-state index is 12.7. The summed E-state index contributed by atoms with van der Waals surface area (Å²) in [6.07, 6.45) is 1.35. The van der Waals surface area contributed by atoms with Gasteiger partial charge in [0.05, 0.1) is 11.6 Å². The highest BCUT2D eigenvalue weighted by atomic mass is 35.5. The zero-order chi connectivity index (χ0) is 21.7. The van der Waals surface area contributed by atoms with E-state index in [9.17, 15) is 9.59 Å². The van der Waals surface area contributed by atoms with Gasteiger partial charge in [0.1, 0.15) is 0 Å². The van der Waals surface area contributed by atoms with Gasteiger partial charge in [-0.3, -0.25) is 9.59 Å². The first kappa shape index (κ1) is 21.8. The number of benzene rings is 1. The predicted octanol–water partition coefficient (Wildman–Crippen LogP) is 4.08. The van der Waals surface area contributed by atoms with E-state index in [2.05, 4.69) is 15.5 Å². The number of aromatic nitrogens is 3. The second-order valence-corrected chi connectivity index (χ2v) is 7.63. The Balaban J connectivity index is 1.62. The topological polar surface area (TPSA) is 90.0 Å². The second-order valence-electron chi connectivity index (χ2n) is 7.20. The van der Waals surface area contributed by atoms with Crippen LogP contribution >= 0.6 is 11.6 Å². The molecule has 1 unspecified atom stereocenters. The number of pyridine rings is 1. The highest BCUT2D eigenvalue weighted by Gasteiger charge is 2.16. The molecule has 0 saturated heterocycles. The van der Waals surface area contributed by atoms with Gasteiger partial charge in [-0.1, -0.05) is 35.8 Å². The van der Waals surface area contributed by atoms with Gasteiger partial charge in [0, 0.05) is 30.1 Å². The number of carbonyl (C=O) groups is 1. The van der Waals surface area contributed by atoms with Crippen molar-refractivity contribution in [2.45, 2.75) is 52.6 Å². The number of aryl methyl sites for hydroxylation is 2. The number of amides is 1. The average Bonchev–Trinajstić information content (AvgIpc) is 3.19. The van der Waals surface area contributed by atoms with Gasteiger partial charge in [-0.2, -0.15) is 4.98 Å². The van der Waals surface area contributed by atoms with Crippen LogP contribution in [0.2, 0.25) is 5.02 Å². The molecule has 30 heavy (non-hydrogen) atoms. The van der Waals surface area contributed by atoms with Gasteiger partial charge < -0.3 is 14.4 Å². The average molecular weight is 429 g/mol. The summed E-state index contributed by atoms with van der Waals surface area (Å²) in [6.45, 7) is 6.45. The maximum absolute atomic E-state index is 12.7. The third kappa shape index (κ3) is 5.16. The van der Waals surface area contributed by atoms with Crippen molar-refractivity contribution in [3.8, 4) is 11.4 Å². The number of hydrogen-bond donors (Lipinski definition) is 1. The first-order chi connectivity index (χ1) is 14.4. The van der Waals surface area contributed by atoms with Crippen LogP contribution in [0.5, 0.6) is 0 Å². The maximum Gasteiger partial charge on any atom is 0.261 e. The van der Waals surface area contributed by atoms with E-state index < -0.39 is 0 Å². The van der Waals surface area contributed by atoms with E-state index in [0.717, 1.165) is 17.7 Å². The number of rotatable bonds is 8. The van der Waals surface area contributed by atoms with Crippen LogP contribution in [0.15, 0.2) is 45.7 Å². The van der Waals surface area contributed by atoms with Crippen molar-refractivity contribution < 1.29 is 9.32 Å². The van der Waals surface area contributed by atoms with E-state index in [0.29, 0.717) is 29.4 Å². The minimum Gasteiger partial charge on any atom is -0.350 e. The van der Waals surface area contributed by atoms with Gasteiger partial charge in [-0.25, -0.2) is 0 Å². The van der Waals surface area contributed by atoms with Crippen LogP contribution in [-0.2, 0) is 17.8 Å². The van der Waals surface area contributed by atoms with Crippen LogP contribution in [0, 0.1) is 6.92 Å². The number of nitrogens with zero attached hydrogens (tertiary/aromatic N) is 3. The minimum absolute atomic E-state index is 0.127. The van der Waals surface area contributed by atoms with Crippen LogP contribution in [0.1, 0.15) is 49.9 Å². The van der Waals surface area contributed by atoms with Crippen LogP contribution in [-0.4, -0.2) is 20.6 Å². The van der Waals surface area contributed by atoms with E-state index in [1.165, 1.54) is 0 Å². The normalized spacial score (nSPS) is 12.0. The van der Waals surface area contributed by atoms with E-state index in [-0.39, 0.29) is 29.8 Å². The van der Waals surface area contributed by atoms with Crippen molar-refractivity contribution in [1.82, 2.24) is 20.0 Å².